The second kappa shape index (κ2) is 9.14. The molecular formula is C24H32N4O2. The number of nitrogens with zero attached hydrogens (tertiary/aromatic N) is 2. The lowest BCUT2D eigenvalue weighted by Gasteiger charge is -2.37. The third kappa shape index (κ3) is 4.50. The first-order chi connectivity index (χ1) is 14.6. The van der Waals surface area contributed by atoms with Crippen molar-refractivity contribution in [2.24, 2.45) is 5.92 Å². The summed E-state index contributed by atoms with van der Waals surface area (Å²) in [4.78, 5) is 20.0. The van der Waals surface area contributed by atoms with Crippen LogP contribution in [-0.4, -0.2) is 40.0 Å². The summed E-state index contributed by atoms with van der Waals surface area (Å²) in [5.74, 6) is 0.285. The number of rotatable bonds is 6. The van der Waals surface area contributed by atoms with E-state index in [4.69, 9.17) is 5.73 Å². The zero-order valence-electron chi connectivity index (χ0n) is 17.5. The summed E-state index contributed by atoms with van der Waals surface area (Å²) in [7, 11) is 0. The Morgan fingerprint density at radius 1 is 1.07 bits per heavy atom. The summed E-state index contributed by atoms with van der Waals surface area (Å²) < 4.78 is 0. The van der Waals surface area contributed by atoms with Gasteiger partial charge in [-0.25, -0.2) is 4.98 Å². The molecule has 4 N–H and O–H groups in total. The molecule has 30 heavy (non-hydrogen) atoms. The van der Waals surface area contributed by atoms with Crippen LogP contribution in [0.4, 0.5) is 5.82 Å². The lowest BCUT2D eigenvalue weighted by molar-refractivity contribution is -0.148. The summed E-state index contributed by atoms with van der Waals surface area (Å²) in [6.45, 7) is 2.53. The fourth-order valence-electron chi connectivity index (χ4n) is 4.93. The molecule has 1 atom stereocenters. The Kier molecular flexibility index (Phi) is 6.35. The largest absolute Gasteiger partial charge is 0.384 e. The first-order valence-corrected chi connectivity index (χ1v) is 11.1. The van der Waals surface area contributed by atoms with E-state index in [2.05, 4.69) is 15.2 Å². The third-order valence-electron chi connectivity index (χ3n) is 6.64. The molecule has 1 aliphatic heterocycles. The van der Waals surface area contributed by atoms with Gasteiger partial charge in [0, 0.05) is 31.6 Å². The number of piperidine rings is 1. The molecule has 2 fully saturated rings. The first-order valence-electron chi connectivity index (χ1n) is 11.1. The number of nitrogens with two attached hydrogens (primary N) is 1. The highest BCUT2D eigenvalue weighted by atomic mass is 16.3. The van der Waals surface area contributed by atoms with Crippen LogP contribution in [-0.2, 0) is 16.9 Å². The molecule has 1 aliphatic carbocycles. The number of anilines is 1. The Labute approximate surface area is 178 Å². The lowest BCUT2D eigenvalue weighted by atomic mass is 9.79. The number of pyridine rings is 1. The van der Waals surface area contributed by atoms with Gasteiger partial charge in [0.25, 0.3) is 5.91 Å². The van der Waals surface area contributed by atoms with E-state index in [0.717, 1.165) is 63.9 Å². The molecule has 2 aliphatic rings. The van der Waals surface area contributed by atoms with Crippen molar-refractivity contribution >= 4 is 11.7 Å². The van der Waals surface area contributed by atoms with E-state index in [9.17, 15) is 9.90 Å². The molecule has 6 heteroatoms. The molecule has 0 radical (unpaired) electrons. The Morgan fingerprint density at radius 2 is 1.77 bits per heavy atom. The molecule has 1 saturated heterocycles. The van der Waals surface area contributed by atoms with E-state index >= 15 is 0 Å². The molecule has 6 nitrogen and oxygen atoms in total. The van der Waals surface area contributed by atoms with Crippen LogP contribution in [0.3, 0.4) is 0 Å². The van der Waals surface area contributed by atoms with Gasteiger partial charge >= 0.3 is 0 Å². The minimum absolute atomic E-state index is 0.0189. The molecule has 1 aromatic carbocycles. The van der Waals surface area contributed by atoms with Gasteiger partial charge in [-0.15, -0.1) is 0 Å². The third-order valence-corrected chi connectivity index (χ3v) is 6.64. The normalized spacial score (nSPS) is 20.7. The van der Waals surface area contributed by atoms with Crippen molar-refractivity contribution in [1.29, 1.82) is 0 Å². The number of hydrogen-bond acceptors (Lipinski definition) is 5. The molecule has 0 spiro atoms. The zero-order chi connectivity index (χ0) is 21.0. The number of hydrogen-bond donors (Lipinski definition) is 3. The van der Waals surface area contributed by atoms with Crippen molar-refractivity contribution in [3.8, 4) is 0 Å². The Hall–Kier alpha value is -2.44. The van der Waals surface area contributed by atoms with Crippen LogP contribution in [0, 0.1) is 5.92 Å². The highest BCUT2D eigenvalue weighted by Gasteiger charge is 2.46. The molecule has 1 saturated carbocycles. The van der Waals surface area contributed by atoms with Gasteiger partial charge in [-0.3, -0.25) is 9.69 Å². The van der Waals surface area contributed by atoms with Crippen molar-refractivity contribution in [2.45, 2.75) is 56.7 Å². The maximum Gasteiger partial charge on any atom is 0.257 e. The van der Waals surface area contributed by atoms with Crippen LogP contribution in [0.5, 0.6) is 0 Å². The maximum absolute atomic E-state index is 13.3. The van der Waals surface area contributed by atoms with E-state index in [1.165, 1.54) is 0 Å². The molecule has 0 bridgehead atoms. The number of likely N-dealkylation sites (tertiary alicyclic amines) is 1. The number of benzene rings is 1. The van der Waals surface area contributed by atoms with Gasteiger partial charge in [0.1, 0.15) is 5.82 Å². The molecule has 160 valence electrons. The first kappa shape index (κ1) is 20.8. The average molecular weight is 409 g/mol. The molecular weight excluding hydrogens is 376 g/mol. The predicted octanol–water partition coefficient (Wildman–Crippen LogP) is 2.82. The van der Waals surface area contributed by atoms with Gasteiger partial charge in [-0.2, -0.15) is 0 Å². The van der Waals surface area contributed by atoms with Crippen LogP contribution >= 0.6 is 0 Å². The Balaban J connectivity index is 1.38. The van der Waals surface area contributed by atoms with Crippen LogP contribution in [0.25, 0.3) is 0 Å². The average Bonchev–Trinajstić information content (AvgIpc) is 3.31. The zero-order valence-corrected chi connectivity index (χ0v) is 17.5. The summed E-state index contributed by atoms with van der Waals surface area (Å²) >= 11 is 0. The highest BCUT2D eigenvalue weighted by Crippen LogP contribution is 2.41. The SMILES string of the molecule is Nc1cccc(CN2CCC(NC(=O)C(O)(c3ccccc3)C3CCCC3)CC2)n1. The van der Waals surface area contributed by atoms with Gasteiger partial charge in [0.2, 0.25) is 0 Å². The van der Waals surface area contributed by atoms with E-state index in [0.29, 0.717) is 11.4 Å². The standard InChI is InChI=1S/C24H32N4O2/c25-22-12-6-11-21(26-22)17-28-15-13-20(14-16-28)27-23(29)24(30,19-9-4-5-10-19)18-7-2-1-3-8-18/h1-3,6-8,11-12,19-20,30H,4-5,9-10,13-17H2,(H2,25,26)(H,27,29). The second-order valence-electron chi connectivity index (χ2n) is 8.69. The minimum atomic E-state index is -1.44. The van der Waals surface area contributed by atoms with E-state index in [-0.39, 0.29) is 17.9 Å². The van der Waals surface area contributed by atoms with Crippen LogP contribution in [0.15, 0.2) is 48.5 Å². The van der Waals surface area contributed by atoms with Gasteiger partial charge in [-0.1, -0.05) is 49.2 Å². The number of nitrogens with one attached hydrogen (secondary N) is 1. The topological polar surface area (TPSA) is 91.5 Å². The Bertz CT molecular complexity index is 845. The summed E-state index contributed by atoms with van der Waals surface area (Å²) in [5, 5.41) is 14.8. The maximum atomic E-state index is 13.3. The summed E-state index contributed by atoms with van der Waals surface area (Å²) in [5.41, 5.74) is 6.01. The van der Waals surface area contributed by atoms with E-state index in [1.807, 2.05) is 42.5 Å². The molecule has 2 aromatic rings. The number of aliphatic hydroxyl groups is 1. The monoisotopic (exact) mass is 408 g/mol. The van der Waals surface area contributed by atoms with E-state index in [1.54, 1.807) is 6.07 Å². The highest BCUT2D eigenvalue weighted by molar-refractivity contribution is 5.87. The number of carbonyl (C=O) groups is 1. The number of amides is 1. The van der Waals surface area contributed by atoms with Gasteiger partial charge < -0.3 is 16.2 Å². The van der Waals surface area contributed by atoms with Crippen molar-refractivity contribution in [3.63, 3.8) is 0 Å². The van der Waals surface area contributed by atoms with Crippen LogP contribution in [0.2, 0.25) is 0 Å². The van der Waals surface area contributed by atoms with Crippen molar-refractivity contribution in [1.82, 2.24) is 15.2 Å². The number of aromatic nitrogens is 1. The molecule has 4 rings (SSSR count). The molecule has 1 unspecified atom stereocenters. The van der Waals surface area contributed by atoms with Crippen molar-refractivity contribution < 1.29 is 9.90 Å². The van der Waals surface area contributed by atoms with E-state index < -0.39 is 5.60 Å². The summed E-state index contributed by atoms with van der Waals surface area (Å²) in [6.07, 6.45) is 5.66. The number of nitrogen functional groups attached to an aromatic ring is 1. The van der Waals surface area contributed by atoms with Gasteiger partial charge in [0.05, 0.1) is 5.69 Å². The van der Waals surface area contributed by atoms with Crippen molar-refractivity contribution in [2.75, 3.05) is 18.8 Å². The smallest absolute Gasteiger partial charge is 0.257 e. The Morgan fingerprint density at radius 3 is 2.43 bits per heavy atom. The van der Waals surface area contributed by atoms with Crippen molar-refractivity contribution in [3.05, 3.63) is 59.8 Å². The predicted molar refractivity (Wildman–Crippen MR) is 117 cm³/mol. The van der Waals surface area contributed by atoms with Gasteiger partial charge in [-0.05, 0) is 43.4 Å². The summed E-state index contributed by atoms with van der Waals surface area (Å²) in [6, 6.07) is 15.3. The quantitative estimate of drug-likeness (QED) is 0.684. The van der Waals surface area contributed by atoms with Crippen LogP contribution in [0.1, 0.15) is 49.8 Å². The second-order valence-corrected chi connectivity index (χ2v) is 8.69. The lowest BCUT2D eigenvalue weighted by Crippen LogP contribution is -2.54. The fourth-order valence-corrected chi connectivity index (χ4v) is 4.93. The molecule has 1 amide bonds. The van der Waals surface area contributed by atoms with Crippen LogP contribution < -0.4 is 11.1 Å². The minimum Gasteiger partial charge on any atom is -0.384 e. The number of carbonyl (C=O) groups excluding carboxylic acids is 1. The molecule has 2 heterocycles. The van der Waals surface area contributed by atoms with Gasteiger partial charge in [0.15, 0.2) is 5.60 Å². The molecule has 1 aromatic heterocycles. The fraction of sp³-hybridized carbons (Fsp3) is 0.500.